The van der Waals surface area contributed by atoms with Crippen LogP contribution in [0.25, 0.3) is 10.2 Å². The number of carbonyl (C=O) groups is 1. The van der Waals surface area contributed by atoms with E-state index in [2.05, 4.69) is 49.9 Å². The number of hydrogen-bond acceptors (Lipinski definition) is 11. The van der Waals surface area contributed by atoms with Crippen molar-refractivity contribution in [1.29, 1.82) is 0 Å². The topological polar surface area (TPSA) is 119 Å². The van der Waals surface area contributed by atoms with Gasteiger partial charge in [0.15, 0.2) is 0 Å². The van der Waals surface area contributed by atoms with Crippen LogP contribution in [0.15, 0.2) is 52.7 Å². The Morgan fingerprint density at radius 3 is 2.76 bits per heavy atom. The van der Waals surface area contributed by atoms with E-state index in [0.717, 1.165) is 53.5 Å². The summed E-state index contributed by atoms with van der Waals surface area (Å²) in [6.45, 7) is 7.17. The molecule has 4 heterocycles. The Labute approximate surface area is 226 Å². The summed E-state index contributed by atoms with van der Waals surface area (Å²) in [5, 5.41) is 0.835. The van der Waals surface area contributed by atoms with Crippen LogP contribution in [0.1, 0.15) is 29.1 Å². The van der Waals surface area contributed by atoms with Crippen LogP contribution in [-0.2, 0) is 27.4 Å². The van der Waals surface area contributed by atoms with Crippen molar-refractivity contribution in [3.8, 4) is 0 Å². The molecule has 200 valence electrons. The van der Waals surface area contributed by atoms with E-state index in [4.69, 9.17) is 20.2 Å². The second-order valence-corrected chi connectivity index (χ2v) is 10.8. The van der Waals surface area contributed by atoms with Crippen molar-refractivity contribution < 1.29 is 14.3 Å². The number of pyridine rings is 1. The SMILES string of the molecule is COC(=O)CN1CCN(Cc2cccc(COC3=NC(C(N)c4nc5cnccc5s4)C(C)C=N3)c2)CC1. The van der Waals surface area contributed by atoms with Gasteiger partial charge in [0, 0.05) is 51.1 Å². The Morgan fingerprint density at radius 1 is 1.18 bits per heavy atom. The molecule has 3 unspecified atom stereocenters. The summed E-state index contributed by atoms with van der Waals surface area (Å²) in [5.74, 6) is -0.117. The Morgan fingerprint density at radius 2 is 1.97 bits per heavy atom. The molecule has 2 aliphatic heterocycles. The van der Waals surface area contributed by atoms with E-state index in [1.54, 1.807) is 23.7 Å². The molecule has 0 saturated carbocycles. The third-order valence-electron chi connectivity index (χ3n) is 6.89. The number of nitrogens with two attached hydrogens (primary N) is 1. The minimum absolute atomic E-state index is 0.0684. The average molecular weight is 536 g/mol. The Hall–Kier alpha value is -3.25. The van der Waals surface area contributed by atoms with Crippen LogP contribution in [0.5, 0.6) is 0 Å². The first-order valence-electron chi connectivity index (χ1n) is 12.8. The predicted octanol–water partition coefficient (Wildman–Crippen LogP) is 2.64. The molecule has 0 bridgehead atoms. The zero-order valence-corrected chi connectivity index (χ0v) is 22.5. The van der Waals surface area contributed by atoms with Gasteiger partial charge >= 0.3 is 12.0 Å². The normalized spacial score (nSPS) is 21.3. The molecule has 0 aliphatic carbocycles. The molecule has 38 heavy (non-hydrogen) atoms. The molecule has 2 aliphatic rings. The molecule has 2 aromatic heterocycles. The zero-order valence-electron chi connectivity index (χ0n) is 21.7. The van der Waals surface area contributed by atoms with Crippen LogP contribution in [0.2, 0.25) is 0 Å². The van der Waals surface area contributed by atoms with Crippen molar-refractivity contribution >= 4 is 39.8 Å². The minimum atomic E-state index is -0.357. The van der Waals surface area contributed by atoms with Gasteiger partial charge in [-0.15, -0.1) is 11.3 Å². The van der Waals surface area contributed by atoms with Gasteiger partial charge in [-0.2, -0.15) is 0 Å². The summed E-state index contributed by atoms with van der Waals surface area (Å²) in [6, 6.07) is 10.1. The van der Waals surface area contributed by atoms with E-state index >= 15 is 0 Å². The maximum absolute atomic E-state index is 11.5. The van der Waals surface area contributed by atoms with E-state index in [-0.39, 0.29) is 24.0 Å². The number of amidine groups is 1. The highest BCUT2D eigenvalue weighted by Crippen LogP contribution is 2.30. The number of aliphatic imine (C=N–C) groups is 2. The number of benzene rings is 1. The number of thiazole rings is 1. The first-order valence-corrected chi connectivity index (χ1v) is 13.6. The first-order chi connectivity index (χ1) is 18.5. The lowest BCUT2D eigenvalue weighted by molar-refractivity contribution is -0.142. The van der Waals surface area contributed by atoms with E-state index in [9.17, 15) is 4.79 Å². The molecule has 1 saturated heterocycles. The largest absolute Gasteiger partial charge is 0.468 e. The van der Waals surface area contributed by atoms with E-state index in [0.29, 0.717) is 19.2 Å². The van der Waals surface area contributed by atoms with Gasteiger partial charge < -0.3 is 15.2 Å². The number of fused-ring (bicyclic) bond motifs is 1. The standard InChI is InChI=1S/C27H33N7O3S/c1-18-13-30-27(32-25(18)24(28)26-31-21-14-29-7-6-22(21)38-26)37-17-20-5-3-4-19(12-20)15-33-8-10-34(11-9-33)16-23(35)36-2/h3-7,12-14,18,24-25H,8-11,15-17,28H2,1-2H3. The van der Waals surface area contributed by atoms with Gasteiger partial charge in [0.25, 0.3) is 0 Å². The van der Waals surface area contributed by atoms with Crippen molar-refractivity contribution in [2.45, 2.75) is 32.2 Å². The van der Waals surface area contributed by atoms with Crippen LogP contribution < -0.4 is 5.73 Å². The highest BCUT2D eigenvalue weighted by atomic mass is 32.1. The van der Waals surface area contributed by atoms with Crippen molar-refractivity contribution in [2.24, 2.45) is 21.6 Å². The molecule has 0 spiro atoms. The number of methoxy groups -OCH3 is 1. The summed E-state index contributed by atoms with van der Waals surface area (Å²) < 4.78 is 11.8. The van der Waals surface area contributed by atoms with Crippen molar-refractivity contribution in [3.63, 3.8) is 0 Å². The van der Waals surface area contributed by atoms with Crippen molar-refractivity contribution in [3.05, 3.63) is 58.9 Å². The molecule has 10 nitrogen and oxygen atoms in total. The number of aromatic nitrogens is 2. The van der Waals surface area contributed by atoms with Gasteiger partial charge in [0.1, 0.15) is 11.6 Å². The van der Waals surface area contributed by atoms with Gasteiger partial charge in [0.2, 0.25) is 0 Å². The summed E-state index contributed by atoms with van der Waals surface area (Å²) in [4.78, 5) is 34.0. The van der Waals surface area contributed by atoms with Crippen molar-refractivity contribution in [1.82, 2.24) is 19.8 Å². The third-order valence-corrected chi connectivity index (χ3v) is 8.03. The fraction of sp³-hybridized carbons (Fsp3) is 0.444. The maximum Gasteiger partial charge on any atom is 0.319 e. The lowest BCUT2D eigenvalue weighted by Gasteiger charge is -2.34. The van der Waals surface area contributed by atoms with E-state index in [1.165, 1.54) is 12.7 Å². The molecule has 2 N–H and O–H groups in total. The summed E-state index contributed by atoms with van der Waals surface area (Å²) in [7, 11) is 1.43. The number of piperazine rings is 1. The van der Waals surface area contributed by atoms with Crippen LogP contribution in [0, 0.1) is 5.92 Å². The highest BCUT2D eigenvalue weighted by molar-refractivity contribution is 7.18. The molecule has 1 aromatic carbocycles. The van der Waals surface area contributed by atoms with Crippen LogP contribution in [-0.4, -0.2) is 83.8 Å². The number of hydrogen-bond donors (Lipinski definition) is 1. The number of ether oxygens (including phenoxy) is 2. The zero-order chi connectivity index (χ0) is 26.5. The summed E-state index contributed by atoms with van der Waals surface area (Å²) in [5.41, 5.74) is 9.75. The quantitative estimate of drug-likeness (QED) is 0.438. The maximum atomic E-state index is 11.5. The molecule has 3 atom stereocenters. The fourth-order valence-corrected chi connectivity index (χ4v) is 5.67. The smallest absolute Gasteiger partial charge is 0.319 e. The number of carbonyl (C=O) groups excluding carboxylic acids is 1. The van der Waals surface area contributed by atoms with E-state index in [1.807, 2.05) is 18.3 Å². The summed E-state index contributed by atoms with van der Waals surface area (Å²) >= 11 is 1.57. The fourth-order valence-electron chi connectivity index (χ4n) is 4.69. The second kappa shape index (κ2) is 12.1. The lowest BCUT2D eigenvalue weighted by Crippen LogP contribution is -2.47. The van der Waals surface area contributed by atoms with Crippen LogP contribution in [0.3, 0.4) is 0 Å². The Balaban J connectivity index is 1.16. The monoisotopic (exact) mass is 535 g/mol. The minimum Gasteiger partial charge on any atom is -0.468 e. The average Bonchev–Trinajstić information content (AvgIpc) is 3.38. The van der Waals surface area contributed by atoms with Crippen LogP contribution >= 0.6 is 11.3 Å². The van der Waals surface area contributed by atoms with Gasteiger partial charge in [-0.25, -0.2) is 15.0 Å². The lowest BCUT2D eigenvalue weighted by atomic mass is 9.96. The third kappa shape index (κ3) is 6.41. The Kier molecular flexibility index (Phi) is 8.38. The highest BCUT2D eigenvalue weighted by Gasteiger charge is 2.30. The van der Waals surface area contributed by atoms with Gasteiger partial charge in [-0.05, 0) is 17.2 Å². The molecule has 0 radical (unpaired) electrons. The number of esters is 1. The van der Waals surface area contributed by atoms with Crippen molar-refractivity contribution in [2.75, 3.05) is 39.8 Å². The molecule has 11 heteroatoms. The Bertz CT molecular complexity index is 1290. The molecule has 5 rings (SSSR count). The van der Waals surface area contributed by atoms with Gasteiger partial charge in [-0.3, -0.25) is 19.6 Å². The first kappa shape index (κ1) is 26.4. The molecular weight excluding hydrogens is 502 g/mol. The number of rotatable bonds is 8. The molecule has 3 aromatic rings. The van der Waals surface area contributed by atoms with Gasteiger partial charge in [-0.1, -0.05) is 31.2 Å². The van der Waals surface area contributed by atoms with E-state index < -0.39 is 0 Å². The molecule has 1 fully saturated rings. The molecule has 0 amide bonds. The summed E-state index contributed by atoms with van der Waals surface area (Å²) in [6.07, 6.45) is 5.38. The second-order valence-electron chi connectivity index (χ2n) is 9.70. The predicted molar refractivity (Wildman–Crippen MR) is 148 cm³/mol. The van der Waals surface area contributed by atoms with Crippen LogP contribution in [0.4, 0.5) is 0 Å². The van der Waals surface area contributed by atoms with Gasteiger partial charge in [0.05, 0.1) is 42.2 Å². The number of nitrogens with zero attached hydrogens (tertiary/aromatic N) is 6. The molecular formula is C27H33N7O3S.